The second kappa shape index (κ2) is 11.3. The van der Waals surface area contributed by atoms with Crippen LogP contribution in [0.15, 0.2) is 64.0 Å². The molecule has 1 aliphatic rings. The van der Waals surface area contributed by atoms with Crippen LogP contribution in [0.1, 0.15) is 52.6 Å². The second-order valence-corrected chi connectivity index (χ2v) is 10.4. The van der Waals surface area contributed by atoms with Crippen LogP contribution in [-0.2, 0) is 16.1 Å². The quantitative estimate of drug-likeness (QED) is 0.166. The van der Waals surface area contributed by atoms with Crippen molar-refractivity contribution in [1.82, 2.24) is 9.47 Å². The standard InChI is InChI=1S/C28H27BrN2O4S/c1-4-5-14-35-27(33)20-10-12-23(13-11-20)31-18(2)15-22(19(31)3)16-25-26(32)30(28(34)36-25)17-21-8-6-7-9-24(21)29/h6-13,15-16H,4-5,14,17H2,1-3H3/b25-16-. The summed E-state index contributed by atoms with van der Waals surface area (Å²) in [6.45, 7) is 6.64. The monoisotopic (exact) mass is 566 g/mol. The molecule has 1 aliphatic heterocycles. The minimum Gasteiger partial charge on any atom is -0.462 e. The molecule has 1 saturated heterocycles. The van der Waals surface area contributed by atoms with E-state index in [9.17, 15) is 14.4 Å². The molecular formula is C28H27BrN2O4S. The number of nitrogens with zero attached hydrogens (tertiary/aromatic N) is 2. The van der Waals surface area contributed by atoms with Gasteiger partial charge in [0, 0.05) is 21.5 Å². The summed E-state index contributed by atoms with van der Waals surface area (Å²) >= 11 is 4.44. The third-order valence-corrected chi connectivity index (χ3v) is 7.69. The van der Waals surface area contributed by atoms with Gasteiger partial charge in [0.05, 0.1) is 23.6 Å². The van der Waals surface area contributed by atoms with E-state index in [0.717, 1.165) is 57.3 Å². The molecule has 0 unspecified atom stereocenters. The second-order valence-electron chi connectivity index (χ2n) is 8.56. The molecule has 0 aliphatic carbocycles. The van der Waals surface area contributed by atoms with E-state index >= 15 is 0 Å². The van der Waals surface area contributed by atoms with Gasteiger partial charge < -0.3 is 9.30 Å². The number of amides is 2. The van der Waals surface area contributed by atoms with Gasteiger partial charge in [-0.05, 0) is 85.6 Å². The Balaban J connectivity index is 1.54. The van der Waals surface area contributed by atoms with Crippen LogP contribution in [0.3, 0.4) is 0 Å². The van der Waals surface area contributed by atoms with Crippen LogP contribution in [0.2, 0.25) is 0 Å². The van der Waals surface area contributed by atoms with Crippen molar-refractivity contribution in [2.24, 2.45) is 0 Å². The van der Waals surface area contributed by atoms with Crippen LogP contribution in [0, 0.1) is 13.8 Å². The summed E-state index contributed by atoms with van der Waals surface area (Å²) in [5, 5.41) is -0.280. The lowest BCUT2D eigenvalue weighted by Crippen LogP contribution is -2.27. The van der Waals surface area contributed by atoms with E-state index in [4.69, 9.17) is 4.74 Å². The average Bonchev–Trinajstić information content (AvgIpc) is 3.29. The molecule has 36 heavy (non-hydrogen) atoms. The SMILES string of the molecule is CCCCOC(=O)c1ccc(-n2c(C)cc(/C=C3\SC(=O)N(Cc4ccccc4Br)C3=O)c2C)cc1. The van der Waals surface area contributed by atoms with Gasteiger partial charge in [-0.2, -0.15) is 0 Å². The average molecular weight is 568 g/mol. The first-order valence-corrected chi connectivity index (χ1v) is 13.4. The number of unbranched alkanes of at least 4 members (excludes halogenated alkanes) is 1. The van der Waals surface area contributed by atoms with E-state index in [1.165, 1.54) is 4.90 Å². The minimum absolute atomic E-state index is 0.218. The maximum atomic E-state index is 13.1. The lowest BCUT2D eigenvalue weighted by atomic mass is 10.2. The molecule has 6 nitrogen and oxygen atoms in total. The van der Waals surface area contributed by atoms with E-state index in [-0.39, 0.29) is 23.7 Å². The molecule has 0 spiro atoms. The largest absolute Gasteiger partial charge is 0.462 e. The fourth-order valence-electron chi connectivity index (χ4n) is 4.04. The fourth-order valence-corrected chi connectivity index (χ4v) is 5.28. The number of esters is 1. The fraction of sp³-hybridized carbons (Fsp3) is 0.250. The summed E-state index contributed by atoms with van der Waals surface area (Å²) in [6.07, 6.45) is 3.60. The number of benzene rings is 2. The van der Waals surface area contributed by atoms with Gasteiger partial charge in [-0.1, -0.05) is 47.5 Å². The van der Waals surface area contributed by atoms with Crippen molar-refractivity contribution >= 4 is 50.9 Å². The van der Waals surface area contributed by atoms with Gasteiger partial charge in [0.1, 0.15) is 0 Å². The number of aryl methyl sites for hydroxylation is 1. The van der Waals surface area contributed by atoms with E-state index in [1.54, 1.807) is 18.2 Å². The number of carbonyl (C=O) groups is 3. The lowest BCUT2D eigenvalue weighted by molar-refractivity contribution is -0.123. The zero-order valence-electron chi connectivity index (χ0n) is 20.4. The summed E-state index contributed by atoms with van der Waals surface area (Å²) < 4.78 is 8.21. The molecule has 0 N–H and O–H groups in total. The molecule has 4 rings (SSSR count). The Labute approximate surface area is 223 Å². The normalized spacial score (nSPS) is 14.7. The van der Waals surface area contributed by atoms with Gasteiger partial charge in [-0.25, -0.2) is 4.79 Å². The van der Waals surface area contributed by atoms with Crippen molar-refractivity contribution in [3.05, 3.63) is 92.1 Å². The van der Waals surface area contributed by atoms with Crippen molar-refractivity contribution in [3.8, 4) is 5.69 Å². The number of carbonyl (C=O) groups excluding carboxylic acids is 3. The summed E-state index contributed by atoms with van der Waals surface area (Å²) in [7, 11) is 0. The van der Waals surface area contributed by atoms with Gasteiger partial charge in [0.25, 0.3) is 11.1 Å². The van der Waals surface area contributed by atoms with E-state index < -0.39 is 0 Å². The molecule has 0 atom stereocenters. The van der Waals surface area contributed by atoms with Crippen molar-refractivity contribution < 1.29 is 19.1 Å². The highest BCUT2D eigenvalue weighted by atomic mass is 79.9. The summed E-state index contributed by atoms with van der Waals surface area (Å²) in [4.78, 5) is 39.6. The molecular weight excluding hydrogens is 540 g/mol. The van der Waals surface area contributed by atoms with Crippen molar-refractivity contribution in [2.75, 3.05) is 6.61 Å². The van der Waals surface area contributed by atoms with Gasteiger partial charge in [-0.15, -0.1) is 0 Å². The molecule has 2 aromatic carbocycles. The smallest absolute Gasteiger partial charge is 0.338 e. The van der Waals surface area contributed by atoms with Gasteiger partial charge in [-0.3, -0.25) is 14.5 Å². The van der Waals surface area contributed by atoms with Crippen LogP contribution < -0.4 is 0 Å². The maximum absolute atomic E-state index is 13.1. The lowest BCUT2D eigenvalue weighted by Gasteiger charge is -2.13. The molecule has 8 heteroatoms. The van der Waals surface area contributed by atoms with Crippen LogP contribution in [0.4, 0.5) is 4.79 Å². The zero-order valence-corrected chi connectivity index (χ0v) is 22.8. The van der Waals surface area contributed by atoms with Gasteiger partial charge in [0.15, 0.2) is 0 Å². The number of halogens is 1. The molecule has 186 valence electrons. The summed E-state index contributed by atoms with van der Waals surface area (Å²) in [5.41, 5.74) is 5.06. The molecule has 2 amide bonds. The summed E-state index contributed by atoms with van der Waals surface area (Å²) in [5.74, 6) is -0.619. The van der Waals surface area contributed by atoms with Crippen LogP contribution in [0.25, 0.3) is 11.8 Å². The molecule has 0 radical (unpaired) electrons. The van der Waals surface area contributed by atoms with E-state index in [1.807, 2.05) is 63.2 Å². The van der Waals surface area contributed by atoms with Crippen LogP contribution in [0.5, 0.6) is 0 Å². The first-order chi connectivity index (χ1) is 17.3. The Morgan fingerprint density at radius 2 is 1.81 bits per heavy atom. The number of aromatic nitrogens is 1. The van der Waals surface area contributed by atoms with Gasteiger partial charge >= 0.3 is 5.97 Å². The number of hydrogen-bond donors (Lipinski definition) is 0. The minimum atomic E-state index is -0.324. The number of imide groups is 1. The van der Waals surface area contributed by atoms with E-state index in [2.05, 4.69) is 20.5 Å². The molecule has 0 saturated carbocycles. The first-order valence-electron chi connectivity index (χ1n) is 11.8. The highest BCUT2D eigenvalue weighted by Crippen LogP contribution is 2.35. The van der Waals surface area contributed by atoms with Gasteiger partial charge in [0.2, 0.25) is 0 Å². The first kappa shape index (κ1) is 26.0. The maximum Gasteiger partial charge on any atom is 0.338 e. The number of rotatable bonds is 8. The molecule has 1 aromatic heterocycles. The number of ether oxygens (including phenoxy) is 1. The predicted molar refractivity (Wildman–Crippen MR) is 146 cm³/mol. The Bertz CT molecular complexity index is 1340. The number of hydrogen-bond acceptors (Lipinski definition) is 5. The van der Waals surface area contributed by atoms with Crippen LogP contribution >= 0.6 is 27.7 Å². The Morgan fingerprint density at radius 3 is 2.50 bits per heavy atom. The highest BCUT2D eigenvalue weighted by Gasteiger charge is 2.35. The Kier molecular flexibility index (Phi) is 8.16. The molecule has 0 bridgehead atoms. The van der Waals surface area contributed by atoms with E-state index in [0.29, 0.717) is 17.1 Å². The zero-order chi connectivity index (χ0) is 25.8. The Hall–Kier alpha value is -3.10. The molecule has 2 heterocycles. The van der Waals surface area contributed by atoms with Crippen molar-refractivity contribution in [1.29, 1.82) is 0 Å². The third-order valence-electron chi connectivity index (χ3n) is 6.01. The van der Waals surface area contributed by atoms with Crippen molar-refractivity contribution in [3.63, 3.8) is 0 Å². The molecule has 1 fully saturated rings. The van der Waals surface area contributed by atoms with Crippen molar-refractivity contribution in [2.45, 2.75) is 40.2 Å². The third kappa shape index (κ3) is 5.50. The Morgan fingerprint density at radius 1 is 1.08 bits per heavy atom. The summed E-state index contributed by atoms with van der Waals surface area (Å²) in [6, 6.07) is 16.8. The van der Waals surface area contributed by atoms with Crippen LogP contribution in [-0.4, -0.2) is 33.2 Å². The number of thioether (sulfide) groups is 1. The molecule has 3 aromatic rings. The predicted octanol–water partition coefficient (Wildman–Crippen LogP) is 7.05. The topological polar surface area (TPSA) is 68.6 Å². The highest BCUT2D eigenvalue weighted by molar-refractivity contribution is 9.10.